The number of ether oxygens (including phenoxy) is 1. The summed E-state index contributed by atoms with van der Waals surface area (Å²) in [5.74, 6) is 0. The average molecular weight is 157 g/mol. The Balaban J connectivity index is 2.14. The van der Waals surface area contributed by atoms with E-state index in [2.05, 4.69) is 26.1 Å². The fraction of sp³-hybridized carbons (Fsp3) is 1.00. The first-order valence-corrected chi connectivity index (χ1v) is 4.36. The lowest BCUT2D eigenvalue weighted by molar-refractivity contribution is -0.101. The number of hydrogen-bond acceptors (Lipinski definition) is 2. The van der Waals surface area contributed by atoms with Gasteiger partial charge in [0.1, 0.15) is 0 Å². The van der Waals surface area contributed by atoms with E-state index in [-0.39, 0.29) is 5.60 Å². The third kappa shape index (κ3) is 2.80. The molecule has 0 heterocycles. The first-order chi connectivity index (χ1) is 5.01. The Bertz CT molecular complexity index is 122. The van der Waals surface area contributed by atoms with E-state index < -0.39 is 0 Å². The first kappa shape index (κ1) is 9.01. The molecule has 1 saturated carbocycles. The van der Waals surface area contributed by atoms with Crippen LogP contribution in [0.4, 0.5) is 0 Å². The molecule has 0 aromatic heterocycles. The van der Waals surface area contributed by atoms with E-state index in [4.69, 9.17) is 4.74 Å². The summed E-state index contributed by atoms with van der Waals surface area (Å²) in [7, 11) is 2.01. The van der Waals surface area contributed by atoms with Crippen molar-refractivity contribution in [1.29, 1.82) is 0 Å². The van der Waals surface area contributed by atoms with Crippen LogP contribution >= 0.6 is 0 Å². The van der Waals surface area contributed by atoms with Crippen LogP contribution in [0.1, 0.15) is 33.6 Å². The topological polar surface area (TPSA) is 21.3 Å². The molecule has 2 heteroatoms. The number of rotatable bonds is 2. The van der Waals surface area contributed by atoms with Gasteiger partial charge in [0.05, 0.1) is 11.7 Å². The average Bonchev–Trinajstić information content (AvgIpc) is 1.75. The Kier molecular flexibility index (Phi) is 2.55. The quantitative estimate of drug-likeness (QED) is 0.656. The van der Waals surface area contributed by atoms with Gasteiger partial charge in [-0.2, -0.15) is 0 Å². The van der Waals surface area contributed by atoms with Gasteiger partial charge in [-0.3, -0.25) is 0 Å². The van der Waals surface area contributed by atoms with Gasteiger partial charge in [0, 0.05) is 6.04 Å². The van der Waals surface area contributed by atoms with Gasteiger partial charge in [0.2, 0.25) is 0 Å². The second-order valence-electron chi connectivity index (χ2n) is 4.31. The summed E-state index contributed by atoms with van der Waals surface area (Å²) in [6.45, 7) is 6.33. The molecule has 0 saturated heterocycles. The Labute approximate surface area is 69.3 Å². The molecular weight excluding hydrogens is 138 g/mol. The maximum Gasteiger partial charge on any atom is 0.0612 e. The van der Waals surface area contributed by atoms with E-state index in [1.807, 2.05) is 7.05 Å². The molecule has 1 aliphatic carbocycles. The molecule has 0 radical (unpaired) electrons. The SMILES string of the molecule is CNC1CC(OC(C)(C)C)C1. The molecule has 2 nitrogen and oxygen atoms in total. The smallest absolute Gasteiger partial charge is 0.0612 e. The van der Waals surface area contributed by atoms with Crippen LogP contribution in [0.3, 0.4) is 0 Å². The highest BCUT2D eigenvalue weighted by atomic mass is 16.5. The zero-order valence-electron chi connectivity index (χ0n) is 7.98. The fourth-order valence-electron chi connectivity index (χ4n) is 1.40. The maximum absolute atomic E-state index is 5.77. The van der Waals surface area contributed by atoms with Crippen LogP contribution in [-0.4, -0.2) is 24.8 Å². The lowest BCUT2D eigenvalue weighted by Crippen LogP contribution is -2.46. The van der Waals surface area contributed by atoms with E-state index in [9.17, 15) is 0 Å². The van der Waals surface area contributed by atoms with Crippen molar-refractivity contribution in [1.82, 2.24) is 5.32 Å². The van der Waals surface area contributed by atoms with E-state index in [1.54, 1.807) is 0 Å². The van der Waals surface area contributed by atoms with Crippen molar-refractivity contribution in [3.8, 4) is 0 Å². The van der Waals surface area contributed by atoms with Crippen molar-refractivity contribution < 1.29 is 4.74 Å². The molecule has 0 atom stereocenters. The summed E-state index contributed by atoms with van der Waals surface area (Å²) in [6.07, 6.45) is 2.84. The summed E-state index contributed by atoms with van der Waals surface area (Å²) in [5.41, 5.74) is 0.0311. The van der Waals surface area contributed by atoms with E-state index in [0.717, 1.165) is 0 Å². The summed E-state index contributed by atoms with van der Waals surface area (Å²) in [6, 6.07) is 0.697. The molecule has 11 heavy (non-hydrogen) atoms. The lowest BCUT2D eigenvalue weighted by Gasteiger charge is -2.39. The van der Waals surface area contributed by atoms with E-state index in [1.165, 1.54) is 12.8 Å². The van der Waals surface area contributed by atoms with Crippen LogP contribution < -0.4 is 5.32 Å². The van der Waals surface area contributed by atoms with Crippen LogP contribution in [0.25, 0.3) is 0 Å². The van der Waals surface area contributed by atoms with Crippen molar-refractivity contribution in [2.75, 3.05) is 7.05 Å². The number of hydrogen-bond donors (Lipinski definition) is 1. The molecule has 0 aromatic carbocycles. The predicted octanol–water partition coefficient (Wildman–Crippen LogP) is 1.55. The highest BCUT2D eigenvalue weighted by Crippen LogP contribution is 2.27. The minimum Gasteiger partial charge on any atom is -0.373 e. The molecule has 1 rings (SSSR count). The van der Waals surface area contributed by atoms with Crippen LogP contribution in [0.2, 0.25) is 0 Å². The Morgan fingerprint density at radius 2 is 1.82 bits per heavy atom. The Morgan fingerprint density at radius 1 is 1.27 bits per heavy atom. The van der Waals surface area contributed by atoms with Crippen molar-refractivity contribution in [3.63, 3.8) is 0 Å². The normalized spacial score (nSPS) is 31.6. The highest BCUT2D eigenvalue weighted by Gasteiger charge is 2.31. The molecule has 0 aliphatic heterocycles. The van der Waals surface area contributed by atoms with E-state index >= 15 is 0 Å². The Morgan fingerprint density at radius 3 is 2.18 bits per heavy atom. The first-order valence-electron chi connectivity index (χ1n) is 4.36. The minimum atomic E-state index is 0.0311. The van der Waals surface area contributed by atoms with Crippen LogP contribution in [-0.2, 0) is 4.74 Å². The summed E-state index contributed by atoms with van der Waals surface area (Å²) in [5, 5.41) is 3.24. The molecule has 1 aliphatic rings. The van der Waals surface area contributed by atoms with Gasteiger partial charge in [0.15, 0.2) is 0 Å². The van der Waals surface area contributed by atoms with Gasteiger partial charge in [-0.25, -0.2) is 0 Å². The third-order valence-electron chi connectivity index (χ3n) is 2.02. The van der Waals surface area contributed by atoms with Crippen LogP contribution in [0, 0.1) is 0 Å². The van der Waals surface area contributed by atoms with Gasteiger partial charge >= 0.3 is 0 Å². The predicted molar refractivity (Wildman–Crippen MR) is 46.7 cm³/mol. The molecule has 1 fully saturated rings. The molecule has 66 valence electrons. The van der Waals surface area contributed by atoms with Gasteiger partial charge in [-0.1, -0.05) is 0 Å². The molecule has 0 bridgehead atoms. The second kappa shape index (κ2) is 3.11. The number of nitrogens with one attached hydrogen (secondary N) is 1. The lowest BCUT2D eigenvalue weighted by atomic mass is 9.89. The van der Waals surface area contributed by atoms with Gasteiger partial charge in [-0.05, 0) is 40.7 Å². The van der Waals surface area contributed by atoms with Crippen molar-refractivity contribution in [3.05, 3.63) is 0 Å². The molecule has 0 spiro atoms. The summed E-state index contributed by atoms with van der Waals surface area (Å²) in [4.78, 5) is 0. The zero-order chi connectivity index (χ0) is 8.48. The molecular formula is C9H19NO. The molecule has 0 amide bonds. The largest absolute Gasteiger partial charge is 0.373 e. The van der Waals surface area contributed by atoms with Crippen molar-refractivity contribution >= 4 is 0 Å². The summed E-state index contributed by atoms with van der Waals surface area (Å²) < 4.78 is 5.77. The monoisotopic (exact) mass is 157 g/mol. The van der Waals surface area contributed by atoms with Crippen molar-refractivity contribution in [2.45, 2.75) is 51.4 Å². The zero-order valence-corrected chi connectivity index (χ0v) is 7.98. The van der Waals surface area contributed by atoms with Crippen LogP contribution in [0.15, 0.2) is 0 Å². The van der Waals surface area contributed by atoms with Gasteiger partial charge in [-0.15, -0.1) is 0 Å². The summed E-state index contributed by atoms with van der Waals surface area (Å²) >= 11 is 0. The standard InChI is InChI=1S/C9H19NO/c1-9(2,3)11-8-5-7(6-8)10-4/h7-8,10H,5-6H2,1-4H3. The van der Waals surface area contributed by atoms with Gasteiger partial charge in [0.25, 0.3) is 0 Å². The fourth-order valence-corrected chi connectivity index (χ4v) is 1.40. The molecule has 1 N–H and O–H groups in total. The minimum absolute atomic E-state index is 0.0311. The maximum atomic E-state index is 5.77. The Hall–Kier alpha value is -0.0800. The second-order valence-corrected chi connectivity index (χ2v) is 4.31. The van der Waals surface area contributed by atoms with Crippen molar-refractivity contribution in [2.24, 2.45) is 0 Å². The van der Waals surface area contributed by atoms with Crippen LogP contribution in [0.5, 0.6) is 0 Å². The third-order valence-corrected chi connectivity index (χ3v) is 2.02. The molecule has 0 aromatic rings. The molecule has 0 unspecified atom stereocenters. The highest BCUT2D eigenvalue weighted by molar-refractivity contribution is 4.86. The van der Waals surface area contributed by atoms with E-state index in [0.29, 0.717) is 12.1 Å². The van der Waals surface area contributed by atoms with Gasteiger partial charge < -0.3 is 10.1 Å².